The molecule has 0 radical (unpaired) electrons. The summed E-state index contributed by atoms with van der Waals surface area (Å²) in [6.45, 7) is 3.03. The molecule has 15 heavy (non-hydrogen) atoms. The molecule has 1 N–H and O–H groups in total. The van der Waals surface area contributed by atoms with Crippen molar-refractivity contribution in [3.63, 3.8) is 0 Å². The highest BCUT2D eigenvalue weighted by Crippen LogP contribution is 2.15. The third-order valence-electron chi connectivity index (χ3n) is 2.29. The number of anilines is 1. The summed E-state index contributed by atoms with van der Waals surface area (Å²) in [5, 5.41) is 3.29. The number of dihydropyridines is 1. The molecule has 2 nitrogen and oxygen atoms in total. The van der Waals surface area contributed by atoms with Crippen molar-refractivity contribution >= 4 is 27.5 Å². The molecule has 0 spiro atoms. The number of nitrogens with zero attached hydrogens (tertiary/aromatic N) is 1. The minimum absolute atomic E-state index is 0.890. The van der Waals surface area contributed by atoms with Gasteiger partial charge in [0.05, 0.1) is 0 Å². The lowest BCUT2D eigenvalue weighted by Gasteiger charge is -2.12. The van der Waals surface area contributed by atoms with E-state index in [2.05, 4.69) is 39.2 Å². The Morgan fingerprint density at radius 2 is 2.00 bits per heavy atom. The summed E-state index contributed by atoms with van der Waals surface area (Å²) >= 11 is 3.41. The average Bonchev–Trinajstić information content (AvgIpc) is 2.22. The molecule has 0 unspecified atom stereocenters. The van der Waals surface area contributed by atoms with Gasteiger partial charge in [-0.05, 0) is 43.7 Å². The van der Waals surface area contributed by atoms with E-state index in [0.717, 1.165) is 29.0 Å². The van der Waals surface area contributed by atoms with Crippen LogP contribution in [-0.4, -0.2) is 12.4 Å². The summed E-state index contributed by atoms with van der Waals surface area (Å²) < 4.78 is 1.09. The smallest absolute Gasteiger partial charge is 0.125 e. The van der Waals surface area contributed by atoms with Crippen LogP contribution in [0.15, 0.2) is 45.4 Å². The summed E-state index contributed by atoms with van der Waals surface area (Å²) in [5.74, 6) is 0.959. The Morgan fingerprint density at radius 1 is 1.27 bits per heavy atom. The predicted octanol–water partition coefficient (Wildman–Crippen LogP) is 3.61. The van der Waals surface area contributed by atoms with Gasteiger partial charge in [-0.15, -0.1) is 0 Å². The fourth-order valence-electron chi connectivity index (χ4n) is 1.46. The van der Waals surface area contributed by atoms with Crippen molar-refractivity contribution in [3.8, 4) is 0 Å². The van der Waals surface area contributed by atoms with E-state index in [1.807, 2.05) is 24.3 Å². The molecular weight excluding hydrogens is 252 g/mol. The van der Waals surface area contributed by atoms with E-state index >= 15 is 0 Å². The monoisotopic (exact) mass is 264 g/mol. The van der Waals surface area contributed by atoms with E-state index in [0.29, 0.717) is 0 Å². The van der Waals surface area contributed by atoms with Gasteiger partial charge in [0.2, 0.25) is 0 Å². The number of benzene rings is 1. The summed E-state index contributed by atoms with van der Waals surface area (Å²) in [6, 6.07) is 8.10. The van der Waals surface area contributed by atoms with E-state index in [1.165, 1.54) is 5.57 Å². The molecule has 1 heterocycles. The summed E-state index contributed by atoms with van der Waals surface area (Å²) in [5.41, 5.74) is 2.45. The maximum atomic E-state index is 4.42. The minimum Gasteiger partial charge on any atom is -0.341 e. The highest BCUT2D eigenvalue weighted by Gasteiger charge is 2.02. The first-order chi connectivity index (χ1) is 7.24. The first kappa shape index (κ1) is 10.4. The van der Waals surface area contributed by atoms with Gasteiger partial charge in [0.15, 0.2) is 0 Å². The van der Waals surface area contributed by atoms with Gasteiger partial charge in [-0.2, -0.15) is 0 Å². The van der Waals surface area contributed by atoms with Crippen molar-refractivity contribution < 1.29 is 0 Å². The SMILES string of the molecule is CC1=CC(Nc2ccc(Br)cc2)=NCC1. The van der Waals surface area contributed by atoms with Crippen molar-refractivity contribution in [3.05, 3.63) is 40.4 Å². The maximum absolute atomic E-state index is 4.42. The highest BCUT2D eigenvalue weighted by atomic mass is 79.9. The van der Waals surface area contributed by atoms with Crippen LogP contribution in [0.2, 0.25) is 0 Å². The Bertz CT molecular complexity index is 404. The van der Waals surface area contributed by atoms with Gasteiger partial charge in [0, 0.05) is 16.7 Å². The summed E-state index contributed by atoms with van der Waals surface area (Å²) in [6.07, 6.45) is 3.18. The van der Waals surface area contributed by atoms with E-state index in [9.17, 15) is 0 Å². The van der Waals surface area contributed by atoms with Crippen LogP contribution in [0, 0.1) is 0 Å². The Balaban J connectivity index is 2.09. The molecule has 0 saturated carbocycles. The molecular formula is C12H13BrN2. The van der Waals surface area contributed by atoms with E-state index < -0.39 is 0 Å². The fraction of sp³-hybridized carbons (Fsp3) is 0.250. The molecule has 0 aromatic heterocycles. The summed E-state index contributed by atoms with van der Waals surface area (Å²) in [7, 11) is 0. The van der Waals surface area contributed by atoms with E-state index in [1.54, 1.807) is 0 Å². The Morgan fingerprint density at radius 3 is 2.67 bits per heavy atom. The zero-order valence-corrected chi connectivity index (χ0v) is 10.2. The van der Waals surface area contributed by atoms with Gasteiger partial charge in [-0.1, -0.05) is 21.5 Å². The number of aliphatic imine (C=N–C) groups is 1. The van der Waals surface area contributed by atoms with E-state index in [4.69, 9.17) is 0 Å². The van der Waals surface area contributed by atoms with Crippen molar-refractivity contribution in [1.82, 2.24) is 0 Å². The number of hydrogen-bond donors (Lipinski definition) is 1. The van der Waals surface area contributed by atoms with Crippen LogP contribution < -0.4 is 5.32 Å². The number of rotatable bonds is 1. The topological polar surface area (TPSA) is 24.4 Å². The first-order valence-corrected chi connectivity index (χ1v) is 5.77. The van der Waals surface area contributed by atoms with Crippen LogP contribution in [0.4, 0.5) is 5.69 Å². The van der Waals surface area contributed by atoms with Crippen LogP contribution in [0.25, 0.3) is 0 Å². The lowest BCUT2D eigenvalue weighted by molar-refractivity contribution is 0.934. The minimum atomic E-state index is 0.890. The van der Waals surface area contributed by atoms with Crippen molar-refractivity contribution in [2.45, 2.75) is 13.3 Å². The Labute approximate surface area is 98.2 Å². The van der Waals surface area contributed by atoms with E-state index in [-0.39, 0.29) is 0 Å². The lowest BCUT2D eigenvalue weighted by atomic mass is 10.1. The number of nitrogens with one attached hydrogen (secondary N) is 1. The van der Waals surface area contributed by atoms with Gasteiger partial charge in [0.1, 0.15) is 5.84 Å². The Hall–Kier alpha value is -1.09. The number of halogens is 1. The fourth-order valence-corrected chi connectivity index (χ4v) is 1.72. The van der Waals surface area contributed by atoms with Crippen LogP contribution in [0.5, 0.6) is 0 Å². The van der Waals surface area contributed by atoms with Gasteiger partial charge in [-0.3, -0.25) is 4.99 Å². The second kappa shape index (κ2) is 4.62. The normalized spacial score (nSPS) is 15.6. The Kier molecular flexibility index (Phi) is 3.21. The third-order valence-corrected chi connectivity index (χ3v) is 2.82. The van der Waals surface area contributed by atoms with Crippen molar-refractivity contribution in [2.75, 3.05) is 11.9 Å². The van der Waals surface area contributed by atoms with Gasteiger partial charge in [0.25, 0.3) is 0 Å². The predicted molar refractivity (Wildman–Crippen MR) is 68.4 cm³/mol. The van der Waals surface area contributed by atoms with Crippen LogP contribution in [0.1, 0.15) is 13.3 Å². The van der Waals surface area contributed by atoms with Gasteiger partial charge in [-0.25, -0.2) is 0 Å². The molecule has 1 aromatic carbocycles. The lowest BCUT2D eigenvalue weighted by Crippen LogP contribution is -2.13. The average molecular weight is 265 g/mol. The molecule has 0 fully saturated rings. The van der Waals surface area contributed by atoms with Crippen molar-refractivity contribution in [2.24, 2.45) is 4.99 Å². The molecule has 0 saturated heterocycles. The number of hydrogen-bond acceptors (Lipinski definition) is 2. The molecule has 2 rings (SSSR count). The molecule has 1 aliphatic heterocycles. The van der Waals surface area contributed by atoms with Crippen LogP contribution in [-0.2, 0) is 0 Å². The zero-order chi connectivity index (χ0) is 10.7. The zero-order valence-electron chi connectivity index (χ0n) is 8.63. The van der Waals surface area contributed by atoms with Gasteiger partial charge >= 0.3 is 0 Å². The number of amidine groups is 1. The first-order valence-electron chi connectivity index (χ1n) is 4.98. The molecule has 0 aliphatic carbocycles. The molecule has 1 aliphatic rings. The van der Waals surface area contributed by atoms with Crippen molar-refractivity contribution in [1.29, 1.82) is 0 Å². The molecule has 0 amide bonds. The molecule has 3 heteroatoms. The quantitative estimate of drug-likeness (QED) is 0.824. The highest BCUT2D eigenvalue weighted by molar-refractivity contribution is 9.10. The van der Waals surface area contributed by atoms with Crippen LogP contribution >= 0.6 is 15.9 Å². The summed E-state index contributed by atoms with van der Waals surface area (Å²) in [4.78, 5) is 4.42. The molecule has 0 atom stereocenters. The second-order valence-electron chi connectivity index (χ2n) is 3.64. The maximum Gasteiger partial charge on any atom is 0.125 e. The standard InChI is InChI=1S/C12H13BrN2/c1-9-6-7-14-12(8-9)15-11-4-2-10(13)3-5-11/h2-5,8H,6-7H2,1H3,(H,14,15). The largest absolute Gasteiger partial charge is 0.341 e. The molecule has 0 bridgehead atoms. The third kappa shape index (κ3) is 2.93. The molecule has 1 aromatic rings. The van der Waals surface area contributed by atoms with Gasteiger partial charge < -0.3 is 5.32 Å². The van der Waals surface area contributed by atoms with Crippen LogP contribution in [0.3, 0.4) is 0 Å². The molecule has 78 valence electrons. The second-order valence-corrected chi connectivity index (χ2v) is 4.56.